The number of carbonyl (C=O) groups is 2. The first-order valence-corrected chi connectivity index (χ1v) is 8.35. The Morgan fingerprint density at radius 3 is 2.69 bits per heavy atom. The Morgan fingerprint density at radius 2 is 2.04 bits per heavy atom. The molecular formula is C19H20N2O5. The molecular weight excluding hydrogens is 336 g/mol. The van der Waals surface area contributed by atoms with Gasteiger partial charge in [0.15, 0.2) is 5.69 Å². The van der Waals surface area contributed by atoms with E-state index in [0.717, 1.165) is 17.5 Å². The van der Waals surface area contributed by atoms with Crippen molar-refractivity contribution in [2.45, 2.75) is 19.9 Å². The van der Waals surface area contributed by atoms with Gasteiger partial charge in [-0.15, -0.1) is 0 Å². The fourth-order valence-corrected chi connectivity index (χ4v) is 3.01. The Labute approximate surface area is 151 Å². The maximum atomic E-state index is 12.9. The molecule has 1 aromatic heterocycles. The average Bonchev–Trinajstić information content (AvgIpc) is 2.65. The molecule has 0 aliphatic carbocycles. The molecule has 1 N–H and O–H groups in total. The number of nitrogens with zero attached hydrogens (tertiary/aromatic N) is 2. The summed E-state index contributed by atoms with van der Waals surface area (Å²) in [6.45, 7) is 2.74. The van der Waals surface area contributed by atoms with Crippen molar-refractivity contribution < 1.29 is 24.2 Å². The van der Waals surface area contributed by atoms with Gasteiger partial charge >= 0.3 is 5.97 Å². The van der Waals surface area contributed by atoms with Gasteiger partial charge in [-0.3, -0.25) is 4.79 Å². The van der Waals surface area contributed by atoms with E-state index in [1.165, 1.54) is 0 Å². The van der Waals surface area contributed by atoms with Gasteiger partial charge in [0, 0.05) is 18.7 Å². The van der Waals surface area contributed by atoms with Gasteiger partial charge in [0.1, 0.15) is 11.5 Å². The summed E-state index contributed by atoms with van der Waals surface area (Å²) in [5.41, 5.74) is 1.61. The van der Waals surface area contributed by atoms with Crippen LogP contribution in [0.2, 0.25) is 0 Å². The molecule has 1 aliphatic heterocycles. The van der Waals surface area contributed by atoms with Gasteiger partial charge in [-0.25, -0.2) is 9.78 Å². The highest BCUT2D eigenvalue weighted by Crippen LogP contribution is 2.30. The molecule has 3 rings (SSSR count). The first-order valence-electron chi connectivity index (χ1n) is 8.35. The Bertz CT molecular complexity index is 833. The number of pyridine rings is 1. The van der Waals surface area contributed by atoms with Crippen LogP contribution in [0.1, 0.15) is 38.9 Å². The van der Waals surface area contributed by atoms with Crippen LogP contribution < -0.4 is 4.74 Å². The van der Waals surface area contributed by atoms with E-state index < -0.39 is 5.97 Å². The third-order valence-corrected chi connectivity index (χ3v) is 4.29. The number of amides is 1. The lowest BCUT2D eigenvalue weighted by atomic mass is 9.96. The average molecular weight is 356 g/mol. The van der Waals surface area contributed by atoms with Gasteiger partial charge in [0.25, 0.3) is 5.91 Å². The Hall–Kier alpha value is -3.09. The molecule has 7 nitrogen and oxygen atoms in total. The van der Waals surface area contributed by atoms with Gasteiger partial charge < -0.3 is 19.5 Å². The lowest BCUT2D eigenvalue weighted by Gasteiger charge is -2.29. The van der Waals surface area contributed by atoms with Gasteiger partial charge in [-0.05, 0) is 31.0 Å². The van der Waals surface area contributed by atoms with Crippen LogP contribution in [0.25, 0.3) is 0 Å². The third kappa shape index (κ3) is 3.33. The largest absolute Gasteiger partial charge is 0.505 e. The van der Waals surface area contributed by atoms with Gasteiger partial charge in [-0.2, -0.15) is 0 Å². The predicted molar refractivity (Wildman–Crippen MR) is 93.3 cm³/mol. The van der Waals surface area contributed by atoms with Crippen molar-refractivity contribution in [3.8, 4) is 11.5 Å². The van der Waals surface area contributed by atoms with Gasteiger partial charge in [0.05, 0.1) is 25.5 Å². The number of aromatic hydroxyl groups is 1. The molecule has 0 saturated carbocycles. The fraction of sp³-hybridized carbons (Fsp3) is 0.316. The molecule has 0 radical (unpaired) electrons. The molecule has 0 atom stereocenters. The Morgan fingerprint density at radius 1 is 1.31 bits per heavy atom. The van der Waals surface area contributed by atoms with Crippen LogP contribution in [0.4, 0.5) is 0 Å². The summed E-state index contributed by atoms with van der Waals surface area (Å²) in [5.74, 6) is -0.392. The van der Waals surface area contributed by atoms with E-state index in [-0.39, 0.29) is 29.5 Å². The standard InChI is InChI=1S/C19H20N2O5/c1-3-26-19(24)17-14-8-9-21(18(23)16(14)15(22)10-20-17)11-12-4-6-13(25-2)7-5-12/h4-7,10,22H,3,8-9,11H2,1-2H3. The zero-order valence-corrected chi connectivity index (χ0v) is 14.7. The fourth-order valence-electron chi connectivity index (χ4n) is 3.01. The van der Waals surface area contributed by atoms with Gasteiger partial charge in [0.2, 0.25) is 0 Å². The van der Waals surface area contributed by atoms with Crippen molar-refractivity contribution in [1.82, 2.24) is 9.88 Å². The van der Waals surface area contributed by atoms with E-state index >= 15 is 0 Å². The molecule has 1 aliphatic rings. The second-order valence-corrected chi connectivity index (χ2v) is 5.89. The van der Waals surface area contributed by atoms with E-state index in [0.29, 0.717) is 25.1 Å². The molecule has 0 saturated heterocycles. The van der Waals surface area contributed by atoms with Crippen molar-refractivity contribution in [1.29, 1.82) is 0 Å². The maximum Gasteiger partial charge on any atom is 0.357 e. The number of carbonyl (C=O) groups excluding carboxylic acids is 2. The number of methoxy groups -OCH3 is 1. The van der Waals surface area contributed by atoms with Crippen LogP contribution in [0, 0.1) is 0 Å². The quantitative estimate of drug-likeness (QED) is 0.826. The minimum atomic E-state index is -0.583. The van der Waals surface area contributed by atoms with Crippen LogP contribution in [0.5, 0.6) is 11.5 Å². The van der Waals surface area contributed by atoms with Crippen LogP contribution in [-0.2, 0) is 17.7 Å². The third-order valence-electron chi connectivity index (χ3n) is 4.29. The molecule has 26 heavy (non-hydrogen) atoms. The minimum absolute atomic E-state index is 0.0945. The first kappa shape index (κ1) is 17.7. The molecule has 2 heterocycles. The summed E-state index contributed by atoms with van der Waals surface area (Å²) in [5, 5.41) is 10.1. The monoisotopic (exact) mass is 356 g/mol. The molecule has 1 amide bonds. The highest BCUT2D eigenvalue weighted by atomic mass is 16.5. The number of ether oxygens (including phenoxy) is 2. The van der Waals surface area contributed by atoms with Crippen molar-refractivity contribution in [3.63, 3.8) is 0 Å². The number of rotatable bonds is 5. The summed E-state index contributed by atoms with van der Waals surface area (Å²) >= 11 is 0. The zero-order valence-electron chi connectivity index (χ0n) is 14.7. The summed E-state index contributed by atoms with van der Waals surface area (Å²) in [4.78, 5) is 30.5. The molecule has 1 aromatic carbocycles. The summed E-state index contributed by atoms with van der Waals surface area (Å²) in [6, 6.07) is 7.44. The molecule has 7 heteroatoms. The van der Waals surface area contributed by atoms with Crippen LogP contribution in [0.3, 0.4) is 0 Å². The van der Waals surface area contributed by atoms with Gasteiger partial charge in [-0.1, -0.05) is 12.1 Å². The second kappa shape index (κ2) is 7.43. The Balaban J connectivity index is 1.87. The number of hydrogen-bond acceptors (Lipinski definition) is 6. The van der Waals surface area contributed by atoms with Crippen LogP contribution >= 0.6 is 0 Å². The second-order valence-electron chi connectivity index (χ2n) is 5.89. The highest BCUT2D eigenvalue weighted by molar-refractivity contribution is 6.02. The number of hydrogen-bond donors (Lipinski definition) is 1. The zero-order chi connectivity index (χ0) is 18.7. The summed E-state index contributed by atoms with van der Waals surface area (Å²) in [6.07, 6.45) is 1.55. The molecule has 136 valence electrons. The molecule has 0 spiro atoms. The topological polar surface area (TPSA) is 89.0 Å². The minimum Gasteiger partial charge on any atom is -0.505 e. The number of fused-ring (bicyclic) bond motifs is 1. The smallest absolute Gasteiger partial charge is 0.357 e. The normalized spacial score (nSPS) is 13.3. The van der Waals surface area contributed by atoms with E-state index in [9.17, 15) is 14.7 Å². The van der Waals surface area contributed by atoms with Crippen molar-refractivity contribution >= 4 is 11.9 Å². The molecule has 0 unspecified atom stereocenters. The number of benzene rings is 1. The van der Waals surface area contributed by atoms with Crippen LogP contribution in [0.15, 0.2) is 30.5 Å². The van der Waals surface area contributed by atoms with Crippen molar-refractivity contribution in [2.24, 2.45) is 0 Å². The lowest BCUT2D eigenvalue weighted by Crippen LogP contribution is -2.38. The van der Waals surface area contributed by atoms with Crippen LogP contribution in [-0.4, -0.2) is 47.1 Å². The highest BCUT2D eigenvalue weighted by Gasteiger charge is 2.32. The number of esters is 1. The number of aromatic nitrogens is 1. The van der Waals surface area contributed by atoms with Crippen molar-refractivity contribution in [2.75, 3.05) is 20.3 Å². The SMILES string of the molecule is CCOC(=O)c1ncc(O)c2c1CCN(Cc1ccc(OC)cc1)C2=O. The van der Waals surface area contributed by atoms with E-state index in [4.69, 9.17) is 9.47 Å². The molecule has 0 bridgehead atoms. The molecule has 0 fully saturated rings. The predicted octanol–water partition coefficient (Wildman–Crippen LogP) is 2.17. The molecule has 2 aromatic rings. The maximum absolute atomic E-state index is 12.9. The van der Waals surface area contributed by atoms with E-state index in [1.807, 2.05) is 24.3 Å². The first-order chi connectivity index (χ1) is 12.5. The van der Waals surface area contributed by atoms with Crippen molar-refractivity contribution in [3.05, 3.63) is 52.8 Å². The van der Waals surface area contributed by atoms with E-state index in [2.05, 4.69) is 4.98 Å². The van der Waals surface area contributed by atoms with E-state index in [1.54, 1.807) is 18.9 Å². The summed E-state index contributed by atoms with van der Waals surface area (Å²) < 4.78 is 10.1. The Kier molecular flexibility index (Phi) is 5.06. The summed E-state index contributed by atoms with van der Waals surface area (Å²) in [7, 11) is 1.60. The lowest BCUT2D eigenvalue weighted by molar-refractivity contribution is 0.0517.